The van der Waals surface area contributed by atoms with E-state index in [2.05, 4.69) is 5.32 Å². The van der Waals surface area contributed by atoms with Crippen LogP contribution in [0.3, 0.4) is 0 Å². The fraction of sp³-hybridized carbons (Fsp3) is 0.375. The van der Waals surface area contributed by atoms with E-state index in [1.165, 1.54) is 0 Å². The van der Waals surface area contributed by atoms with Gasteiger partial charge in [-0.25, -0.2) is 0 Å². The van der Waals surface area contributed by atoms with Gasteiger partial charge in [0, 0.05) is 38.7 Å². The molecule has 0 saturated heterocycles. The van der Waals surface area contributed by atoms with Gasteiger partial charge in [-0.15, -0.1) is 0 Å². The van der Waals surface area contributed by atoms with Crippen molar-refractivity contribution in [1.29, 1.82) is 0 Å². The van der Waals surface area contributed by atoms with E-state index in [0.717, 1.165) is 0 Å². The lowest BCUT2D eigenvalue weighted by atomic mass is 10.1. The summed E-state index contributed by atoms with van der Waals surface area (Å²) in [5, 5.41) is 3.12. The largest absolute Gasteiger partial charge is 0.398 e. The van der Waals surface area contributed by atoms with Crippen LogP contribution in [-0.2, 0) is 11.8 Å². The Morgan fingerprint density at radius 1 is 1.41 bits per heavy atom. The zero-order valence-corrected chi connectivity index (χ0v) is 12.9. The zero-order valence-electron chi connectivity index (χ0n) is 12.9. The first-order valence-corrected chi connectivity index (χ1v) is 7.30. The van der Waals surface area contributed by atoms with Gasteiger partial charge in [0.25, 0.3) is 5.91 Å². The van der Waals surface area contributed by atoms with E-state index in [9.17, 15) is 9.59 Å². The number of aryl methyl sites for hydroxylation is 1. The number of rotatable bonds is 6. The van der Waals surface area contributed by atoms with E-state index >= 15 is 0 Å². The molecule has 1 amide bonds. The molecule has 1 heterocycles. The Morgan fingerprint density at radius 3 is 2.91 bits per heavy atom. The van der Waals surface area contributed by atoms with Crippen molar-refractivity contribution in [2.45, 2.75) is 13.3 Å². The number of nitrogens with zero attached hydrogens (tertiary/aromatic N) is 1. The molecule has 0 aliphatic carbocycles. The number of hydrogen-bond acceptors (Lipinski definition) is 4. The lowest BCUT2D eigenvalue weighted by molar-refractivity contribution is 0.0942. The summed E-state index contributed by atoms with van der Waals surface area (Å²) in [5.74, 6) is -0.387. The van der Waals surface area contributed by atoms with Crippen molar-refractivity contribution >= 4 is 22.5 Å². The minimum Gasteiger partial charge on any atom is -0.398 e. The van der Waals surface area contributed by atoms with E-state index in [0.29, 0.717) is 42.8 Å². The molecule has 0 spiro atoms. The van der Waals surface area contributed by atoms with Gasteiger partial charge in [-0.3, -0.25) is 9.59 Å². The van der Waals surface area contributed by atoms with Crippen LogP contribution in [0.15, 0.2) is 29.2 Å². The first-order chi connectivity index (χ1) is 10.6. The average molecular weight is 303 g/mol. The second-order valence-corrected chi connectivity index (χ2v) is 5.03. The predicted molar refractivity (Wildman–Crippen MR) is 87.0 cm³/mol. The minimum absolute atomic E-state index is 0.101. The minimum atomic E-state index is -0.387. The third-order valence-corrected chi connectivity index (χ3v) is 3.45. The maximum absolute atomic E-state index is 12.5. The van der Waals surface area contributed by atoms with Gasteiger partial charge in [-0.2, -0.15) is 0 Å². The summed E-state index contributed by atoms with van der Waals surface area (Å²) >= 11 is 0. The van der Waals surface area contributed by atoms with Crippen molar-refractivity contribution in [3.05, 3.63) is 40.2 Å². The number of aromatic nitrogens is 1. The highest BCUT2D eigenvalue weighted by Gasteiger charge is 2.15. The fourth-order valence-electron chi connectivity index (χ4n) is 2.33. The molecule has 0 aliphatic rings. The van der Waals surface area contributed by atoms with Crippen molar-refractivity contribution < 1.29 is 9.53 Å². The first kappa shape index (κ1) is 16.0. The Balaban J connectivity index is 2.25. The molecule has 0 saturated carbocycles. The maximum Gasteiger partial charge on any atom is 0.256 e. The molecular weight excluding hydrogens is 282 g/mol. The van der Waals surface area contributed by atoms with Gasteiger partial charge in [0.15, 0.2) is 0 Å². The SMILES string of the molecule is CCOCCCNC(=O)c1cn(C)c2cccc(N)c2c1=O. The molecule has 0 fully saturated rings. The molecule has 2 rings (SSSR count). The van der Waals surface area contributed by atoms with Crippen molar-refractivity contribution in [3.8, 4) is 0 Å². The fourth-order valence-corrected chi connectivity index (χ4v) is 2.33. The van der Waals surface area contributed by atoms with Crippen molar-refractivity contribution in [3.63, 3.8) is 0 Å². The number of amides is 1. The van der Waals surface area contributed by atoms with Gasteiger partial charge in [-0.05, 0) is 25.5 Å². The van der Waals surface area contributed by atoms with Crippen LogP contribution in [0.4, 0.5) is 5.69 Å². The number of anilines is 1. The monoisotopic (exact) mass is 303 g/mol. The number of ether oxygens (including phenoxy) is 1. The van der Waals surface area contributed by atoms with Crippen LogP contribution in [0, 0.1) is 0 Å². The normalized spacial score (nSPS) is 10.8. The molecule has 6 heteroatoms. The quantitative estimate of drug-likeness (QED) is 0.621. The summed E-state index contributed by atoms with van der Waals surface area (Å²) in [5.41, 5.74) is 6.74. The zero-order chi connectivity index (χ0) is 16.1. The highest BCUT2D eigenvalue weighted by Crippen LogP contribution is 2.17. The number of nitrogens with two attached hydrogens (primary N) is 1. The van der Waals surface area contributed by atoms with E-state index < -0.39 is 0 Å². The van der Waals surface area contributed by atoms with Crippen LogP contribution in [0.2, 0.25) is 0 Å². The molecule has 0 radical (unpaired) electrons. The maximum atomic E-state index is 12.5. The van der Waals surface area contributed by atoms with Gasteiger partial charge in [0.1, 0.15) is 5.56 Å². The molecular formula is C16H21N3O3. The van der Waals surface area contributed by atoms with Crippen molar-refractivity contribution in [2.24, 2.45) is 7.05 Å². The molecule has 0 atom stereocenters. The Kier molecular flexibility index (Phi) is 5.16. The van der Waals surface area contributed by atoms with Gasteiger partial charge >= 0.3 is 0 Å². The third-order valence-electron chi connectivity index (χ3n) is 3.45. The molecule has 1 aromatic heterocycles. The standard InChI is InChI=1S/C16H21N3O3/c1-3-22-9-5-8-18-16(21)11-10-19(2)13-7-4-6-12(17)14(13)15(11)20/h4,6-7,10H,3,5,8-9,17H2,1-2H3,(H,18,21). The Bertz CT molecular complexity index is 737. The number of carbonyl (C=O) groups excluding carboxylic acids is 1. The second-order valence-electron chi connectivity index (χ2n) is 5.03. The lowest BCUT2D eigenvalue weighted by Gasteiger charge is -2.11. The number of hydrogen-bond donors (Lipinski definition) is 2. The summed E-state index contributed by atoms with van der Waals surface area (Å²) in [6.45, 7) is 3.62. The number of nitrogen functional groups attached to an aromatic ring is 1. The van der Waals surface area contributed by atoms with E-state index in [1.807, 2.05) is 6.92 Å². The first-order valence-electron chi connectivity index (χ1n) is 7.30. The number of benzene rings is 1. The molecule has 118 valence electrons. The van der Waals surface area contributed by atoms with E-state index in [-0.39, 0.29) is 16.9 Å². The average Bonchev–Trinajstić information content (AvgIpc) is 2.50. The van der Waals surface area contributed by atoms with Gasteiger partial charge < -0.3 is 20.4 Å². The Morgan fingerprint density at radius 2 is 2.18 bits per heavy atom. The molecule has 3 N–H and O–H groups in total. The number of nitrogens with one attached hydrogen (secondary N) is 1. The number of carbonyl (C=O) groups is 1. The highest BCUT2D eigenvalue weighted by atomic mass is 16.5. The van der Waals surface area contributed by atoms with E-state index in [4.69, 9.17) is 10.5 Å². The molecule has 1 aromatic carbocycles. The summed E-state index contributed by atoms with van der Waals surface area (Å²) in [6, 6.07) is 5.24. The predicted octanol–water partition coefficient (Wildman–Crippen LogP) is 1.28. The molecule has 6 nitrogen and oxygen atoms in total. The Labute approximate surface area is 128 Å². The van der Waals surface area contributed by atoms with Crippen molar-refractivity contribution in [1.82, 2.24) is 9.88 Å². The lowest BCUT2D eigenvalue weighted by Crippen LogP contribution is -2.31. The smallest absolute Gasteiger partial charge is 0.256 e. The van der Waals surface area contributed by atoms with E-state index in [1.54, 1.807) is 36.0 Å². The summed E-state index contributed by atoms with van der Waals surface area (Å²) in [6.07, 6.45) is 2.25. The van der Waals surface area contributed by atoms with Crippen molar-refractivity contribution in [2.75, 3.05) is 25.5 Å². The van der Waals surface area contributed by atoms with Crippen LogP contribution in [-0.4, -0.2) is 30.2 Å². The van der Waals surface area contributed by atoms with Crippen LogP contribution in [0.5, 0.6) is 0 Å². The molecule has 0 unspecified atom stereocenters. The molecule has 0 aliphatic heterocycles. The third kappa shape index (κ3) is 3.28. The van der Waals surface area contributed by atoms with Gasteiger partial charge in [-0.1, -0.05) is 6.07 Å². The van der Waals surface area contributed by atoms with Gasteiger partial charge in [0.2, 0.25) is 5.43 Å². The topological polar surface area (TPSA) is 86.3 Å². The molecule has 0 bridgehead atoms. The number of fused-ring (bicyclic) bond motifs is 1. The molecule has 2 aromatic rings. The van der Waals surface area contributed by atoms with Crippen LogP contribution < -0.4 is 16.5 Å². The van der Waals surface area contributed by atoms with Crippen LogP contribution in [0.1, 0.15) is 23.7 Å². The van der Waals surface area contributed by atoms with Gasteiger partial charge in [0.05, 0.1) is 10.9 Å². The summed E-state index contributed by atoms with van der Waals surface area (Å²) < 4.78 is 6.94. The summed E-state index contributed by atoms with van der Waals surface area (Å²) in [7, 11) is 1.78. The molecule has 22 heavy (non-hydrogen) atoms. The summed E-state index contributed by atoms with van der Waals surface area (Å²) in [4.78, 5) is 24.7. The van der Waals surface area contributed by atoms with Crippen LogP contribution in [0.25, 0.3) is 10.9 Å². The van der Waals surface area contributed by atoms with Crippen LogP contribution >= 0.6 is 0 Å². The highest BCUT2D eigenvalue weighted by molar-refractivity contribution is 6.00. The Hall–Kier alpha value is -2.34. The second kappa shape index (κ2) is 7.09. The number of pyridine rings is 1.